The summed E-state index contributed by atoms with van der Waals surface area (Å²) in [4.78, 5) is 12.4. The fraction of sp³-hybridized carbons (Fsp3) is 0.312. The van der Waals surface area contributed by atoms with E-state index in [-0.39, 0.29) is 12.1 Å². The van der Waals surface area contributed by atoms with Crippen LogP contribution in [0.2, 0.25) is 0 Å². The zero-order valence-electron chi connectivity index (χ0n) is 11.9. The molecular formula is C16H20N2O2. The molecule has 0 unspecified atom stereocenters. The summed E-state index contributed by atoms with van der Waals surface area (Å²) in [6.07, 6.45) is 0.894. The average molecular weight is 272 g/mol. The van der Waals surface area contributed by atoms with Crippen LogP contribution in [-0.4, -0.2) is 11.7 Å². The number of methoxy groups -OCH3 is 1. The van der Waals surface area contributed by atoms with Gasteiger partial charge < -0.3 is 15.0 Å². The molecular weight excluding hydrogens is 252 g/mol. The molecule has 2 rings (SSSR count). The number of hydrogen-bond acceptors (Lipinski definition) is 3. The van der Waals surface area contributed by atoms with Gasteiger partial charge in [0.25, 0.3) is 5.56 Å². The van der Waals surface area contributed by atoms with Crippen LogP contribution in [0.5, 0.6) is 5.75 Å². The van der Waals surface area contributed by atoms with E-state index in [0.717, 1.165) is 23.4 Å². The molecule has 2 aromatic rings. The number of rotatable bonds is 5. The predicted molar refractivity (Wildman–Crippen MR) is 80.9 cm³/mol. The van der Waals surface area contributed by atoms with Crippen LogP contribution in [-0.2, 0) is 13.1 Å². The number of nitrogens with zero attached hydrogens (tertiary/aromatic N) is 1. The van der Waals surface area contributed by atoms with Gasteiger partial charge in [-0.05, 0) is 24.6 Å². The van der Waals surface area contributed by atoms with Gasteiger partial charge in [0.05, 0.1) is 12.8 Å². The summed E-state index contributed by atoms with van der Waals surface area (Å²) in [6, 6.07) is 11.5. The second-order valence-corrected chi connectivity index (χ2v) is 4.64. The number of ether oxygens (including phenoxy) is 1. The summed E-state index contributed by atoms with van der Waals surface area (Å²) in [7, 11) is 1.63. The molecule has 20 heavy (non-hydrogen) atoms. The highest BCUT2D eigenvalue weighted by atomic mass is 16.5. The monoisotopic (exact) mass is 272 g/mol. The smallest absolute Gasteiger partial charge is 0.255 e. The fourth-order valence-electron chi connectivity index (χ4n) is 2.26. The molecule has 4 heteroatoms. The molecule has 0 aliphatic carbocycles. The van der Waals surface area contributed by atoms with Gasteiger partial charge in [-0.25, -0.2) is 0 Å². The maximum atomic E-state index is 12.4. The molecule has 0 aliphatic heterocycles. The maximum absolute atomic E-state index is 12.4. The molecule has 0 radical (unpaired) electrons. The normalized spacial score (nSPS) is 10.6. The highest BCUT2D eigenvalue weighted by Crippen LogP contribution is 2.23. The predicted octanol–water partition coefficient (Wildman–Crippen LogP) is 2.39. The van der Waals surface area contributed by atoms with Gasteiger partial charge in [0.2, 0.25) is 0 Å². The fourth-order valence-corrected chi connectivity index (χ4v) is 2.26. The first-order valence-corrected chi connectivity index (χ1v) is 6.78. The van der Waals surface area contributed by atoms with Gasteiger partial charge in [-0.3, -0.25) is 4.79 Å². The Bertz CT molecular complexity index is 647. The quantitative estimate of drug-likeness (QED) is 0.909. The van der Waals surface area contributed by atoms with Gasteiger partial charge >= 0.3 is 0 Å². The van der Waals surface area contributed by atoms with E-state index in [4.69, 9.17) is 10.5 Å². The molecule has 106 valence electrons. The average Bonchev–Trinajstić information content (AvgIpc) is 2.49. The lowest BCUT2D eigenvalue weighted by Gasteiger charge is -2.14. The van der Waals surface area contributed by atoms with E-state index in [1.807, 2.05) is 36.4 Å². The van der Waals surface area contributed by atoms with Crippen molar-refractivity contribution in [1.82, 2.24) is 4.57 Å². The molecule has 0 amide bonds. The van der Waals surface area contributed by atoms with E-state index >= 15 is 0 Å². The molecule has 4 nitrogen and oxygen atoms in total. The van der Waals surface area contributed by atoms with Crippen LogP contribution in [0.1, 0.15) is 18.9 Å². The number of nitrogens with two attached hydrogens (primary N) is 1. The number of pyridine rings is 1. The van der Waals surface area contributed by atoms with Crippen LogP contribution in [0, 0.1) is 0 Å². The Labute approximate surface area is 118 Å². The van der Waals surface area contributed by atoms with Crippen molar-refractivity contribution in [3.63, 3.8) is 0 Å². The molecule has 1 aromatic heterocycles. The third kappa shape index (κ3) is 2.75. The first-order valence-electron chi connectivity index (χ1n) is 6.78. The summed E-state index contributed by atoms with van der Waals surface area (Å²) in [5.41, 5.74) is 8.12. The first kappa shape index (κ1) is 14.3. The van der Waals surface area contributed by atoms with Crippen LogP contribution in [0.25, 0.3) is 11.3 Å². The highest BCUT2D eigenvalue weighted by Gasteiger charge is 2.09. The standard InChI is InChI=1S/C16H20N2O2/c1-3-9-18-15(8-7-13(11-17)16(18)19)12-5-4-6-14(10-12)20-2/h4-8,10H,3,9,11,17H2,1-2H3. The zero-order valence-corrected chi connectivity index (χ0v) is 11.9. The topological polar surface area (TPSA) is 57.2 Å². The number of hydrogen-bond donors (Lipinski definition) is 1. The molecule has 0 aliphatic rings. The molecule has 0 spiro atoms. The van der Waals surface area contributed by atoms with Crippen molar-refractivity contribution in [2.75, 3.05) is 7.11 Å². The largest absolute Gasteiger partial charge is 0.497 e. The minimum atomic E-state index is -0.00494. The molecule has 1 heterocycles. The van der Waals surface area contributed by atoms with Crippen molar-refractivity contribution in [1.29, 1.82) is 0 Å². The second kappa shape index (κ2) is 6.39. The molecule has 2 N–H and O–H groups in total. The Balaban J connectivity index is 2.60. The summed E-state index contributed by atoms with van der Waals surface area (Å²) in [5.74, 6) is 0.779. The molecule has 1 aromatic carbocycles. The minimum Gasteiger partial charge on any atom is -0.497 e. The van der Waals surface area contributed by atoms with Crippen LogP contribution < -0.4 is 16.0 Å². The summed E-state index contributed by atoms with van der Waals surface area (Å²) < 4.78 is 7.03. The van der Waals surface area contributed by atoms with Crippen molar-refractivity contribution in [2.24, 2.45) is 5.73 Å². The Kier molecular flexibility index (Phi) is 4.58. The summed E-state index contributed by atoms with van der Waals surface area (Å²) in [5, 5.41) is 0. The van der Waals surface area contributed by atoms with Gasteiger partial charge in [-0.1, -0.05) is 25.1 Å². The first-order chi connectivity index (χ1) is 9.71. The Hall–Kier alpha value is -2.07. The van der Waals surface area contributed by atoms with Gasteiger partial charge in [0.1, 0.15) is 5.75 Å². The van der Waals surface area contributed by atoms with Crippen LogP contribution >= 0.6 is 0 Å². The van der Waals surface area contributed by atoms with Crippen molar-refractivity contribution < 1.29 is 4.74 Å². The van der Waals surface area contributed by atoms with E-state index in [2.05, 4.69) is 6.92 Å². The van der Waals surface area contributed by atoms with Crippen molar-refractivity contribution >= 4 is 0 Å². The van der Waals surface area contributed by atoms with E-state index in [1.165, 1.54) is 0 Å². The summed E-state index contributed by atoms with van der Waals surface area (Å²) in [6.45, 7) is 3.00. The third-order valence-corrected chi connectivity index (χ3v) is 3.29. The lowest BCUT2D eigenvalue weighted by atomic mass is 10.1. The van der Waals surface area contributed by atoms with E-state index < -0.39 is 0 Å². The van der Waals surface area contributed by atoms with Gasteiger partial charge in [-0.2, -0.15) is 0 Å². The molecule has 0 saturated carbocycles. The van der Waals surface area contributed by atoms with E-state index in [1.54, 1.807) is 11.7 Å². The Morgan fingerprint density at radius 3 is 2.70 bits per heavy atom. The second-order valence-electron chi connectivity index (χ2n) is 4.64. The Morgan fingerprint density at radius 2 is 2.05 bits per heavy atom. The molecule has 0 fully saturated rings. The van der Waals surface area contributed by atoms with Gasteiger partial charge in [0, 0.05) is 24.2 Å². The SMILES string of the molecule is CCCn1c(-c2cccc(OC)c2)ccc(CN)c1=O. The van der Waals surface area contributed by atoms with Gasteiger partial charge in [0.15, 0.2) is 0 Å². The van der Waals surface area contributed by atoms with Crippen LogP contribution in [0.4, 0.5) is 0 Å². The minimum absolute atomic E-state index is 0.00494. The zero-order chi connectivity index (χ0) is 14.5. The van der Waals surface area contributed by atoms with E-state index in [9.17, 15) is 4.79 Å². The molecule has 0 saturated heterocycles. The van der Waals surface area contributed by atoms with Crippen molar-refractivity contribution in [3.05, 3.63) is 52.3 Å². The van der Waals surface area contributed by atoms with E-state index in [0.29, 0.717) is 12.1 Å². The van der Waals surface area contributed by atoms with Crippen LogP contribution in [0.15, 0.2) is 41.2 Å². The lowest BCUT2D eigenvalue weighted by molar-refractivity contribution is 0.415. The van der Waals surface area contributed by atoms with Crippen LogP contribution in [0.3, 0.4) is 0 Å². The number of benzene rings is 1. The summed E-state index contributed by atoms with van der Waals surface area (Å²) >= 11 is 0. The highest BCUT2D eigenvalue weighted by molar-refractivity contribution is 5.62. The van der Waals surface area contributed by atoms with Gasteiger partial charge in [-0.15, -0.1) is 0 Å². The Morgan fingerprint density at radius 1 is 1.25 bits per heavy atom. The molecule has 0 atom stereocenters. The van der Waals surface area contributed by atoms with Crippen molar-refractivity contribution in [3.8, 4) is 17.0 Å². The maximum Gasteiger partial charge on any atom is 0.255 e. The third-order valence-electron chi connectivity index (χ3n) is 3.29. The van der Waals surface area contributed by atoms with Crippen molar-refractivity contribution in [2.45, 2.75) is 26.4 Å². The number of aromatic nitrogens is 1. The lowest BCUT2D eigenvalue weighted by Crippen LogP contribution is -2.26. The molecule has 0 bridgehead atoms.